The van der Waals surface area contributed by atoms with Gasteiger partial charge in [-0.2, -0.15) is 0 Å². The predicted molar refractivity (Wildman–Crippen MR) is 119 cm³/mol. The van der Waals surface area contributed by atoms with Gasteiger partial charge in [-0.05, 0) is 57.5 Å². The van der Waals surface area contributed by atoms with Crippen molar-refractivity contribution in [3.8, 4) is 5.75 Å². The fourth-order valence-electron chi connectivity index (χ4n) is 3.20. The first-order valence-corrected chi connectivity index (χ1v) is 10.2. The van der Waals surface area contributed by atoms with Crippen LogP contribution in [0.15, 0.2) is 54.6 Å². The number of nitrogens with zero attached hydrogens (tertiary/aromatic N) is 1. The van der Waals surface area contributed by atoms with Crippen LogP contribution in [0.3, 0.4) is 0 Å². The van der Waals surface area contributed by atoms with Gasteiger partial charge in [-0.3, -0.25) is 4.90 Å². The number of methoxy groups -OCH3 is 1. The minimum absolute atomic E-state index is 0.393. The molecule has 30 heavy (non-hydrogen) atoms. The summed E-state index contributed by atoms with van der Waals surface area (Å²) in [7, 11) is 3.58. The van der Waals surface area contributed by atoms with Crippen LogP contribution in [0.1, 0.15) is 31.9 Å². The molecule has 0 aliphatic heterocycles. The molecular weight excluding hydrogens is 380 g/mol. The van der Waals surface area contributed by atoms with Gasteiger partial charge < -0.3 is 19.9 Å². The molecule has 2 rings (SSSR count). The van der Waals surface area contributed by atoms with Crippen LogP contribution >= 0.6 is 0 Å². The van der Waals surface area contributed by atoms with Gasteiger partial charge in [0.05, 0.1) is 19.3 Å². The zero-order valence-electron chi connectivity index (χ0n) is 18.6. The SMILES string of the molecule is COc1cccc(CN(C)C[C@@H](O)[C@H](Cc2ccccc2)NC(=O)OC(C)(C)C)c1. The number of aliphatic hydroxyl groups is 1. The quantitative estimate of drug-likeness (QED) is 0.656. The fraction of sp³-hybridized carbons (Fsp3) is 0.458. The zero-order valence-corrected chi connectivity index (χ0v) is 18.6. The van der Waals surface area contributed by atoms with Crippen molar-refractivity contribution < 1.29 is 19.4 Å². The topological polar surface area (TPSA) is 71.0 Å². The van der Waals surface area contributed by atoms with Crippen LogP contribution in [0.4, 0.5) is 4.79 Å². The molecule has 2 N–H and O–H groups in total. The third-order valence-electron chi connectivity index (χ3n) is 4.55. The number of aliphatic hydroxyl groups excluding tert-OH is 1. The Morgan fingerprint density at radius 3 is 2.40 bits per heavy atom. The summed E-state index contributed by atoms with van der Waals surface area (Å²) in [6, 6.07) is 17.2. The van der Waals surface area contributed by atoms with E-state index < -0.39 is 23.8 Å². The van der Waals surface area contributed by atoms with Crippen LogP contribution in [-0.2, 0) is 17.7 Å². The van der Waals surface area contributed by atoms with Crippen LogP contribution in [0.25, 0.3) is 0 Å². The van der Waals surface area contributed by atoms with Gasteiger partial charge in [-0.1, -0.05) is 42.5 Å². The molecule has 1 amide bonds. The molecule has 0 bridgehead atoms. The van der Waals surface area contributed by atoms with E-state index >= 15 is 0 Å². The number of alkyl carbamates (subject to hydrolysis) is 1. The summed E-state index contributed by atoms with van der Waals surface area (Å²) < 4.78 is 10.7. The third-order valence-corrected chi connectivity index (χ3v) is 4.55. The molecule has 6 nitrogen and oxygen atoms in total. The summed E-state index contributed by atoms with van der Waals surface area (Å²) >= 11 is 0. The maximum Gasteiger partial charge on any atom is 0.407 e. The summed E-state index contributed by atoms with van der Waals surface area (Å²) in [5.74, 6) is 0.801. The maximum atomic E-state index is 12.3. The second-order valence-electron chi connectivity index (χ2n) is 8.56. The number of rotatable bonds is 9. The molecule has 2 atom stereocenters. The van der Waals surface area contributed by atoms with Crippen molar-refractivity contribution in [1.29, 1.82) is 0 Å². The van der Waals surface area contributed by atoms with Crippen molar-refractivity contribution in [1.82, 2.24) is 10.2 Å². The second-order valence-corrected chi connectivity index (χ2v) is 8.56. The number of likely N-dealkylation sites (N-methyl/N-ethyl adjacent to an activating group) is 1. The molecule has 0 spiro atoms. The number of carbonyl (C=O) groups excluding carboxylic acids is 1. The highest BCUT2D eigenvalue weighted by Gasteiger charge is 2.26. The van der Waals surface area contributed by atoms with Gasteiger partial charge in [0.1, 0.15) is 11.4 Å². The van der Waals surface area contributed by atoms with E-state index in [-0.39, 0.29) is 0 Å². The van der Waals surface area contributed by atoms with Crippen LogP contribution in [-0.4, -0.2) is 54.5 Å². The minimum Gasteiger partial charge on any atom is -0.497 e. The molecule has 0 radical (unpaired) electrons. The molecule has 164 valence electrons. The lowest BCUT2D eigenvalue weighted by atomic mass is 10.0. The van der Waals surface area contributed by atoms with Crippen LogP contribution in [0.5, 0.6) is 5.75 Å². The van der Waals surface area contributed by atoms with E-state index in [9.17, 15) is 9.90 Å². The zero-order chi connectivity index (χ0) is 22.1. The largest absolute Gasteiger partial charge is 0.497 e. The lowest BCUT2D eigenvalue weighted by molar-refractivity contribution is 0.0376. The highest BCUT2D eigenvalue weighted by atomic mass is 16.6. The number of hydrogen-bond acceptors (Lipinski definition) is 5. The Kier molecular flexibility index (Phi) is 8.69. The first kappa shape index (κ1) is 23.7. The van der Waals surface area contributed by atoms with E-state index in [0.717, 1.165) is 16.9 Å². The van der Waals surface area contributed by atoms with E-state index in [0.29, 0.717) is 19.5 Å². The van der Waals surface area contributed by atoms with Gasteiger partial charge in [-0.15, -0.1) is 0 Å². The molecule has 0 heterocycles. The molecule has 0 saturated carbocycles. The fourth-order valence-corrected chi connectivity index (χ4v) is 3.20. The second kappa shape index (κ2) is 11.0. The third kappa shape index (κ3) is 8.43. The van der Waals surface area contributed by atoms with E-state index in [1.54, 1.807) is 7.11 Å². The normalized spacial score (nSPS) is 13.6. The van der Waals surface area contributed by atoms with E-state index in [4.69, 9.17) is 9.47 Å². The highest BCUT2D eigenvalue weighted by Crippen LogP contribution is 2.15. The number of benzene rings is 2. The average molecular weight is 415 g/mol. The summed E-state index contributed by atoms with van der Waals surface area (Å²) in [5.41, 5.74) is 1.52. The van der Waals surface area contributed by atoms with Crippen LogP contribution < -0.4 is 10.1 Å². The first-order chi connectivity index (χ1) is 14.2. The summed E-state index contributed by atoms with van der Waals surface area (Å²) in [6.07, 6.45) is -0.792. The van der Waals surface area contributed by atoms with Gasteiger partial charge in [0.25, 0.3) is 0 Å². The molecule has 2 aromatic rings. The lowest BCUT2D eigenvalue weighted by Gasteiger charge is -2.29. The van der Waals surface area contributed by atoms with Crippen molar-refractivity contribution in [2.45, 2.75) is 51.5 Å². The Hall–Kier alpha value is -2.57. The number of hydrogen-bond donors (Lipinski definition) is 2. The maximum absolute atomic E-state index is 12.3. The summed E-state index contributed by atoms with van der Waals surface area (Å²) in [5, 5.41) is 13.8. The number of nitrogens with one attached hydrogen (secondary N) is 1. The van der Waals surface area contributed by atoms with Crippen LogP contribution in [0.2, 0.25) is 0 Å². The molecular formula is C24H34N2O4. The van der Waals surface area contributed by atoms with Gasteiger partial charge in [0, 0.05) is 13.1 Å². The van der Waals surface area contributed by atoms with Crippen molar-refractivity contribution >= 4 is 6.09 Å². The molecule has 0 aromatic heterocycles. The van der Waals surface area contributed by atoms with Crippen molar-refractivity contribution in [3.05, 3.63) is 65.7 Å². The number of carbonyl (C=O) groups is 1. The van der Waals surface area contributed by atoms with Crippen molar-refractivity contribution in [2.24, 2.45) is 0 Å². The number of amides is 1. The molecule has 0 aliphatic rings. The molecule has 0 saturated heterocycles. The Labute approximate surface area is 179 Å². The smallest absolute Gasteiger partial charge is 0.407 e. The molecule has 0 aliphatic carbocycles. The average Bonchev–Trinajstić information content (AvgIpc) is 2.66. The molecule has 0 unspecified atom stereocenters. The summed E-state index contributed by atoms with van der Waals surface area (Å²) in [4.78, 5) is 14.4. The van der Waals surface area contributed by atoms with E-state index in [1.165, 1.54) is 0 Å². The monoisotopic (exact) mass is 414 g/mol. The van der Waals surface area contributed by atoms with Crippen molar-refractivity contribution in [2.75, 3.05) is 20.7 Å². The Bertz CT molecular complexity index is 789. The Balaban J connectivity index is 2.04. The molecule has 2 aromatic carbocycles. The number of ether oxygens (including phenoxy) is 2. The highest BCUT2D eigenvalue weighted by molar-refractivity contribution is 5.68. The lowest BCUT2D eigenvalue weighted by Crippen LogP contribution is -2.50. The summed E-state index contributed by atoms with van der Waals surface area (Å²) in [6.45, 7) is 6.49. The Morgan fingerprint density at radius 1 is 1.10 bits per heavy atom. The van der Waals surface area contributed by atoms with E-state index in [1.807, 2.05) is 87.3 Å². The standard InChI is InChI=1S/C24H34N2O4/c1-24(2,3)30-23(28)25-21(15-18-10-7-6-8-11-18)22(27)17-26(4)16-19-12-9-13-20(14-19)29-5/h6-14,21-22,27H,15-17H2,1-5H3,(H,25,28)/t21-,22+/m0/s1. The predicted octanol–water partition coefficient (Wildman–Crippen LogP) is 3.62. The first-order valence-electron chi connectivity index (χ1n) is 10.2. The van der Waals surface area contributed by atoms with E-state index in [2.05, 4.69) is 5.32 Å². The molecule has 0 fully saturated rings. The van der Waals surface area contributed by atoms with Crippen molar-refractivity contribution in [3.63, 3.8) is 0 Å². The van der Waals surface area contributed by atoms with Gasteiger partial charge in [-0.25, -0.2) is 4.79 Å². The Morgan fingerprint density at radius 2 is 1.77 bits per heavy atom. The molecule has 6 heteroatoms. The van der Waals surface area contributed by atoms with Gasteiger partial charge in [0.2, 0.25) is 0 Å². The van der Waals surface area contributed by atoms with Gasteiger partial charge in [0.15, 0.2) is 0 Å². The minimum atomic E-state index is -0.770. The van der Waals surface area contributed by atoms with Gasteiger partial charge >= 0.3 is 6.09 Å². The van der Waals surface area contributed by atoms with Crippen LogP contribution in [0, 0.1) is 0 Å².